The van der Waals surface area contributed by atoms with Crippen molar-refractivity contribution in [1.29, 1.82) is 0 Å². The van der Waals surface area contributed by atoms with Crippen LogP contribution in [-0.2, 0) is 4.74 Å². The van der Waals surface area contributed by atoms with Gasteiger partial charge < -0.3 is 10.1 Å². The molecular weight excluding hydrogens is 238 g/mol. The molecule has 15 heavy (non-hydrogen) atoms. The van der Waals surface area contributed by atoms with Gasteiger partial charge in [-0.05, 0) is 18.0 Å². The lowest BCUT2D eigenvalue weighted by atomic mass is 10.0. The van der Waals surface area contributed by atoms with Crippen LogP contribution in [0.1, 0.15) is 16.1 Å². The Morgan fingerprint density at radius 2 is 2.67 bits per heavy atom. The predicted molar refractivity (Wildman–Crippen MR) is 56.3 cm³/mol. The Kier molecular flexibility index (Phi) is 3.18. The van der Waals surface area contributed by atoms with Crippen LogP contribution in [-0.4, -0.2) is 40.1 Å². The molecule has 82 valence electrons. The Labute approximate surface area is 95.9 Å². The van der Waals surface area contributed by atoms with Crippen molar-refractivity contribution >= 4 is 29.0 Å². The van der Waals surface area contributed by atoms with Gasteiger partial charge in [-0.3, -0.25) is 4.79 Å². The van der Waals surface area contributed by atoms with E-state index in [2.05, 4.69) is 14.9 Å². The summed E-state index contributed by atoms with van der Waals surface area (Å²) < 4.78 is 8.88. The van der Waals surface area contributed by atoms with Gasteiger partial charge in [0, 0.05) is 12.5 Å². The highest BCUT2D eigenvalue weighted by Crippen LogP contribution is 2.21. The second kappa shape index (κ2) is 4.42. The van der Waals surface area contributed by atoms with E-state index in [0.717, 1.165) is 18.0 Å². The van der Waals surface area contributed by atoms with Crippen molar-refractivity contribution in [3.05, 3.63) is 11.1 Å². The summed E-state index contributed by atoms with van der Waals surface area (Å²) in [5.74, 6) is 0.168. The third-order valence-electron chi connectivity index (χ3n) is 2.32. The maximum atomic E-state index is 11.7. The summed E-state index contributed by atoms with van der Waals surface area (Å²) in [5, 5.41) is 6.49. The lowest BCUT2D eigenvalue weighted by Gasteiger charge is -2.25. The van der Waals surface area contributed by atoms with Crippen molar-refractivity contribution in [2.45, 2.75) is 12.0 Å². The number of carbonyl (C=O) groups is 1. The van der Waals surface area contributed by atoms with Crippen molar-refractivity contribution in [3.63, 3.8) is 0 Å². The van der Waals surface area contributed by atoms with E-state index in [-0.39, 0.29) is 5.91 Å². The van der Waals surface area contributed by atoms with Crippen LogP contribution in [0.3, 0.4) is 0 Å². The number of hydrogen-bond donors (Lipinski definition) is 1. The van der Waals surface area contributed by atoms with Gasteiger partial charge in [-0.25, -0.2) is 0 Å². The highest BCUT2D eigenvalue weighted by Gasteiger charge is 2.36. The Morgan fingerprint density at radius 1 is 1.80 bits per heavy atom. The monoisotopic (exact) mass is 247 g/mol. The number of rotatable bonds is 3. The topological polar surface area (TPSA) is 64.1 Å². The van der Waals surface area contributed by atoms with Crippen LogP contribution in [0.25, 0.3) is 0 Å². The van der Waals surface area contributed by atoms with Crippen LogP contribution in [0, 0.1) is 0 Å². The van der Waals surface area contributed by atoms with E-state index in [1.54, 1.807) is 0 Å². The molecule has 1 aromatic rings. The first-order valence-corrected chi connectivity index (χ1v) is 5.80. The fourth-order valence-corrected chi connectivity index (χ4v) is 2.10. The minimum atomic E-state index is -0.428. The van der Waals surface area contributed by atoms with Crippen molar-refractivity contribution in [2.24, 2.45) is 0 Å². The molecule has 0 saturated carbocycles. The highest BCUT2D eigenvalue weighted by atomic mass is 35.5. The van der Waals surface area contributed by atoms with E-state index in [4.69, 9.17) is 16.3 Å². The van der Waals surface area contributed by atoms with E-state index in [1.807, 2.05) is 0 Å². The minimum absolute atomic E-state index is 0.184. The zero-order valence-electron chi connectivity index (χ0n) is 7.90. The molecule has 1 saturated heterocycles. The molecular formula is C8H10ClN3O2S. The molecule has 1 aliphatic heterocycles. The maximum Gasteiger partial charge on any atom is 0.265 e. The first-order valence-electron chi connectivity index (χ1n) is 4.49. The summed E-state index contributed by atoms with van der Waals surface area (Å²) in [6.45, 7) is 1.10. The number of nitrogens with one attached hydrogen (secondary N) is 1. The summed E-state index contributed by atoms with van der Waals surface area (Å²) in [4.78, 5) is 12.2. The smallest absolute Gasteiger partial charge is 0.265 e. The van der Waals surface area contributed by atoms with E-state index >= 15 is 0 Å². The van der Waals surface area contributed by atoms with Crippen LogP contribution in [0.4, 0.5) is 0 Å². The Balaban J connectivity index is 2.04. The number of halogens is 1. The molecule has 5 nitrogen and oxygen atoms in total. The molecule has 0 spiro atoms. The Bertz CT molecular complexity index is 338. The zero-order valence-corrected chi connectivity index (χ0v) is 9.48. The van der Waals surface area contributed by atoms with Crippen LogP contribution >= 0.6 is 23.1 Å². The van der Waals surface area contributed by atoms with Gasteiger partial charge in [0.25, 0.3) is 5.91 Å². The lowest BCUT2D eigenvalue weighted by molar-refractivity contribution is 0.0895. The second-order valence-electron chi connectivity index (χ2n) is 3.45. The third-order valence-corrected chi connectivity index (χ3v) is 3.50. The molecule has 1 aliphatic rings. The molecule has 7 heteroatoms. The van der Waals surface area contributed by atoms with Crippen molar-refractivity contribution in [2.75, 3.05) is 19.1 Å². The molecule has 1 unspecified atom stereocenters. The fourth-order valence-electron chi connectivity index (χ4n) is 1.41. The standard InChI is InChI=1S/C8H10ClN3O2S/c9-4-8(1-2-14-5-8)11-7(13)6-3-10-12-15-6/h3H,1-2,4-5H2,(H,11,13). The number of aromatic nitrogens is 2. The number of alkyl halides is 1. The summed E-state index contributed by atoms with van der Waals surface area (Å²) in [5.41, 5.74) is -0.428. The van der Waals surface area contributed by atoms with Crippen LogP contribution in [0.15, 0.2) is 6.20 Å². The average molecular weight is 248 g/mol. The van der Waals surface area contributed by atoms with Crippen LogP contribution in [0.5, 0.6) is 0 Å². The van der Waals surface area contributed by atoms with E-state index in [1.165, 1.54) is 6.20 Å². The SMILES string of the molecule is O=C(NC1(CCl)CCOC1)c1cnns1. The number of carbonyl (C=O) groups excluding carboxylic acids is 1. The van der Waals surface area contributed by atoms with Crippen LogP contribution < -0.4 is 5.32 Å². The number of hydrogen-bond acceptors (Lipinski definition) is 5. The molecule has 0 aromatic carbocycles. The number of ether oxygens (including phenoxy) is 1. The molecule has 0 aliphatic carbocycles. The highest BCUT2D eigenvalue weighted by molar-refractivity contribution is 7.07. The van der Waals surface area contributed by atoms with E-state index in [0.29, 0.717) is 24.0 Å². The van der Waals surface area contributed by atoms with Gasteiger partial charge in [-0.1, -0.05) is 4.49 Å². The number of amides is 1. The molecule has 1 fully saturated rings. The van der Waals surface area contributed by atoms with Gasteiger partial charge in [0.05, 0.1) is 18.3 Å². The van der Waals surface area contributed by atoms with Gasteiger partial charge in [0.2, 0.25) is 0 Å². The van der Waals surface area contributed by atoms with Crippen molar-refractivity contribution < 1.29 is 9.53 Å². The van der Waals surface area contributed by atoms with Crippen molar-refractivity contribution in [3.8, 4) is 0 Å². The summed E-state index contributed by atoms with van der Waals surface area (Å²) >= 11 is 6.91. The maximum absolute atomic E-state index is 11.7. The fraction of sp³-hybridized carbons (Fsp3) is 0.625. The normalized spacial score (nSPS) is 25.4. The minimum Gasteiger partial charge on any atom is -0.379 e. The summed E-state index contributed by atoms with van der Waals surface area (Å²) in [6.07, 6.45) is 2.19. The zero-order chi connectivity index (χ0) is 10.7. The van der Waals surface area contributed by atoms with Crippen LogP contribution in [0.2, 0.25) is 0 Å². The van der Waals surface area contributed by atoms with E-state index < -0.39 is 5.54 Å². The first-order chi connectivity index (χ1) is 7.26. The molecule has 0 radical (unpaired) electrons. The Morgan fingerprint density at radius 3 is 3.20 bits per heavy atom. The average Bonchev–Trinajstić information content (AvgIpc) is 2.88. The molecule has 1 N–H and O–H groups in total. The molecule has 2 rings (SSSR count). The summed E-state index contributed by atoms with van der Waals surface area (Å²) in [6, 6.07) is 0. The third kappa shape index (κ3) is 2.27. The second-order valence-corrected chi connectivity index (χ2v) is 4.51. The molecule has 0 bridgehead atoms. The predicted octanol–water partition coefficient (Wildman–Crippen LogP) is 0.666. The molecule has 1 aromatic heterocycles. The largest absolute Gasteiger partial charge is 0.379 e. The summed E-state index contributed by atoms with van der Waals surface area (Å²) in [7, 11) is 0. The lowest BCUT2D eigenvalue weighted by Crippen LogP contribution is -2.50. The van der Waals surface area contributed by atoms with Crippen molar-refractivity contribution in [1.82, 2.24) is 14.9 Å². The molecule has 1 amide bonds. The van der Waals surface area contributed by atoms with E-state index in [9.17, 15) is 4.79 Å². The molecule has 2 heterocycles. The first kappa shape index (κ1) is 10.8. The molecule has 1 atom stereocenters. The van der Waals surface area contributed by atoms with Gasteiger partial charge >= 0.3 is 0 Å². The number of nitrogens with zero attached hydrogens (tertiary/aromatic N) is 2. The quantitative estimate of drug-likeness (QED) is 0.798. The Hall–Kier alpha value is -0.720. The van der Waals surface area contributed by atoms with Gasteiger partial charge in [0.15, 0.2) is 0 Å². The van der Waals surface area contributed by atoms with Gasteiger partial charge in [0.1, 0.15) is 4.88 Å². The van der Waals surface area contributed by atoms with Gasteiger partial charge in [-0.15, -0.1) is 16.7 Å². The van der Waals surface area contributed by atoms with Gasteiger partial charge in [-0.2, -0.15) is 0 Å².